The number of hydrogen-bond acceptors (Lipinski definition) is 4. The Hall–Kier alpha value is -3.02. The van der Waals surface area contributed by atoms with Gasteiger partial charge < -0.3 is 19.7 Å². The molecule has 3 rings (SSSR count). The molecule has 1 N–H and O–H groups in total. The van der Waals surface area contributed by atoms with E-state index in [0.29, 0.717) is 23.7 Å². The molecule has 0 radical (unpaired) electrons. The zero-order valence-corrected chi connectivity index (χ0v) is 15.0. The number of ether oxygens (including phenoxy) is 2. The monoisotopic (exact) mass is 354 g/mol. The number of carbonyl (C=O) groups is 2. The number of nitrogens with zero attached hydrogens (tertiary/aromatic N) is 1. The predicted molar refractivity (Wildman–Crippen MR) is 99.7 cm³/mol. The summed E-state index contributed by atoms with van der Waals surface area (Å²) in [4.78, 5) is 26.0. The van der Waals surface area contributed by atoms with Crippen molar-refractivity contribution < 1.29 is 19.1 Å². The van der Waals surface area contributed by atoms with Crippen molar-refractivity contribution in [2.75, 3.05) is 23.6 Å². The number of anilines is 2. The molecule has 0 spiro atoms. The fourth-order valence-corrected chi connectivity index (χ4v) is 2.93. The highest BCUT2D eigenvalue weighted by atomic mass is 16.7. The van der Waals surface area contributed by atoms with Crippen LogP contribution in [0.3, 0.4) is 0 Å². The van der Waals surface area contributed by atoms with E-state index in [-0.39, 0.29) is 25.0 Å². The van der Waals surface area contributed by atoms with Gasteiger partial charge >= 0.3 is 0 Å². The summed E-state index contributed by atoms with van der Waals surface area (Å²) in [6.07, 6.45) is 1.02. The number of aryl methyl sites for hydroxylation is 1. The summed E-state index contributed by atoms with van der Waals surface area (Å²) in [5.74, 6) is 1.04. The van der Waals surface area contributed by atoms with E-state index >= 15 is 0 Å². The molecular weight excluding hydrogens is 332 g/mol. The van der Waals surface area contributed by atoms with E-state index in [0.717, 1.165) is 17.7 Å². The molecule has 1 heterocycles. The lowest BCUT2D eigenvalue weighted by atomic mass is 10.1. The third-order valence-corrected chi connectivity index (χ3v) is 4.26. The molecule has 0 saturated heterocycles. The Kier molecular flexibility index (Phi) is 5.41. The summed E-state index contributed by atoms with van der Waals surface area (Å²) in [6.45, 7) is 4.07. The van der Waals surface area contributed by atoms with E-state index in [9.17, 15) is 9.59 Å². The van der Waals surface area contributed by atoms with Gasteiger partial charge in [0, 0.05) is 37.3 Å². The topological polar surface area (TPSA) is 67.9 Å². The molecule has 6 heteroatoms. The Balaban J connectivity index is 1.64. The molecule has 136 valence electrons. The maximum absolute atomic E-state index is 12.3. The number of amides is 2. The first-order chi connectivity index (χ1) is 12.6. The van der Waals surface area contributed by atoms with Gasteiger partial charge in [-0.15, -0.1) is 0 Å². The summed E-state index contributed by atoms with van der Waals surface area (Å²) in [5.41, 5.74) is 2.58. The zero-order valence-electron chi connectivity index (χ0n) is 15.0. The first-order valence-corrected chi connectivity index (χ1v) is 8.64. The standard InChI is InChI=1S/C20H22N2O4/c1-3-15-6-4-5-7-17(15)22(14(2)23)11-10-20(24)21-16-8-9-18-19(12-16)26-13-25-18/h4-9,12H,3,10-11,13H2,1-2H3,(H,21,24). The lowest BCUT2D eigenvalue weighted by molar-refractivity contribution is -0.117. The van der Waals surface area contributed by atoms with Crippen molar-refractivity contribution in [2.24, 2.45) is 0 Å². The van der Waals surface area contributed by atoms with Crippen LogP contribution >= 0.6 is 0 Å². The van der Waals surface area contributed by atoms with Gasteiger partial charge in [0.25, 0.3) is 0 Å². The van der Waals surface area contributed by atoms with Crippen molar-refractivity contribution in [3.63, 3.8) is 0 Å². The van der Waals surface area contributed by atoms with Crippen LogP contribution in [0.1, 0.15) is 25.8 Å². The Bertz CT molecular complexity index is 819. The highest BCUT2D eigenvalue weighted by molar-refractivity contribution is 5.95. The molecule has 0 unspecified atom stereocenters. The van der Waals surface area contributed by atoms with Gasteiger partial charge in [-0.05, 0) is 30.2 Å². The third-order valence-electron chi connectivity index (χ3n) is 4.26. The Labute approximate surface area is 152 Å². The lowest BCUT2D eigenvalue weighted by Crippen LogP contribution is -2.32. The zero-order chi connectivity index (χ0) is 18.5. The molecule has 6 nitrogen and oxygen atoms in total. The molecule has 0 aromatic heterocycles. The van der Waals surface area contributed by atoms with Crippen LogP contribution in [0.5, 0.6) is 11.5 Å². The minimum Gasteiger partial charge on any atom is -0.454 e. The SMILES string of the molecule is CCc1ccccc1N(CCC(=O)Nc1ccc2c(c1)OCO2)C(C)=O. The number of para-hydroxylation sites is 1. The van der Waals surface area contributed by atoms with E-state index in [4.69, 9.17) is 9.47 Å². The van der Waals surface area contributed by atoms with Crippen LogP contribution < -0.4 is 19.7 Å². The minimum absolute atomic E-state index is 0.0817. The van der Waals surface area contributed by atoms with Crippen LogP contribution in [0.4, 0.5) is 11.4 Å². The minimum atomic E-state index is -0.163. The van der Waals surface area contributed by atoms with E-state index in [2.05, 4.69) is 5.32 Å². The molecule has 2 aromatic carbocycles. The molecule has 0 aliphatic carbocycles. The number of hydrogen-bond donors (Lipinski definition) is 1. The van der Waals surface area contributed by atoms with Crippen molar-refractivity contribution >= 4 is 23.2 Å². The molecule has 2 aromatic rings. The van der Waals surface area contributed by atoms with Gasteiger partial charge in [0.1, 0.15) is 0 Å². The number of benzene rings is 2. The summed E-state index contributed by atoms with van der Waals surface area (Å²) < 4.78 is 10.6. The average Bonchev–Trinajstić information content (AvgIpc) is 3.09. The molecule has 0 fully saturated rings. The molecule has 0 atom stereocenters. The van der Waals surface area contributed by atoms with Gasteiger partial charge in [-0.2, -0.15) is 0 Å². The molecule has 2 amide bonds. The normalized spacial score (nSPS) is 11.9. The van der Waals surface area contributed by atoms with Crippen LogP contribution in [0.2, 0.25) is 0 Å². The highest BCUT2D eigenvalue weighted by Crippen LogP contribution is 2.34. The van der Waals surface area contributed by atoms with E-state index in [1.54, 1.807) is 23.1 Å². The third kappa shape index (κ3) is 3.96. The summed E-state index contributed by atoms with van der Waals surface area (Å²) in [6, 6.07) is 13.0. The molecule has 1 aliphatic heterocycles. The van der Waals surface area contributed by atoms with Crippen LogP contribution in [-0.4, -0.2) is 25.2 Å². The van der Waals surface area contributed by atoms with Crippen molar-refractivity contribution in [1.82, 2.24) is 0 Å². The number of rotatable bonds is 6. The maximum Gasteiger partial charge on any atom is 0.231 e. The van der Waals surface area contributed by atoms with Gasteiger partial charge in [0.2, 0.25) is 18.6 Å². The quantitative estimate of drug-likeness (QED) is 0.864. The second-order valence-electron chi connectivity index (χ2n) is 6.02. The Morgan fingerprint density at radius 3 is 2.65 bits per heavy atom. The summed E-state index contributed by atoms with van der Waals surface area (Å²) in [5, 5.41) is 2.83. The molecular formula is C20H22N2O4. The van der Waals surface area contributed by atoms with E-state index < -0.39 is 0 Å². The molecule has 1 aliphatic rings. The molecule has 0 saturated carbocycles. The van der Waals surface area contributed by atoms with Crippen molar-refractivity contribution in [3.05, 3.63) is 48.0 Å². The first kappa shape index (κ1) is 17.8. The number of carbonyl (C=O) groups excluding carboxylic acids is 2. The van der Waals surface area contributed by atoms with Crippen molar-refractivity contribution in [2.45, 2.75) is 26.7 Å². The van der Waals surface area contributed by atoms with E-state index in [1.165, 1.54) is 6.92 Å². The Morgan fingerprint density at radius 1 is 1.12 bits per heavy atom. The fourth-order valence-electron chi connectivity index (χ4n) is 2.93. The second-order valence-corrected chi connectivity index (χ2v) is 6.02. The van der Waals surface area contributed by atoms with Gasteiger partial charge in [0.15, 0.2) is 11.5 Å². The lowest BCUT2D eigenvalue weighted by Gasteiger charge is -2.23. The van der Waals surface area contributed by atoms with Crippen LogP contribution in [0.15, 0.2) is 42.5 Å². The average molecular weight is 354 g/mol. The van der Waals surface area contributed by atoms with Crippen molar-refractivity contribution in [1.29, 1.82) is 0 Å². The maximum atomic E-state index is 12.3. The van der Waals surface area contributed by atoms with Gasteiger partial charge in [-0.3, -0.25) is 9.59 Å². The number of fused-ring (bicyclic) bond motifs is 1. The van der Waals surface area contributed by atoms with Gasteiger partial charge in [-0.1, -0.05) is 25.1 Å². The van der Waals surface area contributed by atoms with Crippen molar-refractivity contribution in [3.8, 4) is 11.5 Å². The number of nitrogens with one attached hydrogen (secondary N) is 1. The van der Waals surface area contributed by atoms with Crippen LogP contribution in [0, 0.1) is 0 Å². The van der Waals surface area contributed by atoms with Crippen LogP contribution in [-0.2, 0) is 16.0 Å². The second kappa shape index (κ2) is 7.91. The summed E-state index contributed by atoms with van der Waals surface area (Å²) >= 11 is 0. The fraction of sp³-hybridized carbons (Fsp3) is 0.300. The van der Waals surface area contributed by atoms with Crippen LogP contribution in [0.25, 0.3) is 0 Å². The summed E-state index contributed by atoms with van der Waals surface area (Å²) in [7, 11) is 0. The Morgan fingerprint density at radius 2 is 1.88 bits per heavy atom. The predicted octanol–water partition coefficient (Wildman–Crippen LogP) is 3.36. The van der Waals surface area contributed by atoms with Gasteiger partial charge in [0.05, 0.1) is 0 Å². The van der Waals surface area contributed by atoms with Gasteiger partial charge in [-0.25, -0.2) is 0 Å². The van der Waals surface area contributed by atoms with E-state index in [1.807, 2.05) is 31.2 Å². The largest absolute Gasteiger partial charge is 0.454 e. The molecule has 0 bridgehead atoms. The first-order valence-electron chi connectivity index (χ1n) is 8.64. The molecule has 26 heavy (non-hydrogen) atoms. The highest BCUT2D eigenvalue weighted by Gasteiger charge is 2.17. The smallest absolute Gasteiger partial charge is 0.231 e.